The van der Waals surface area contributed by atoms with Gasteiger partial charge in [-0.3, -0.25) is 0 Å². The van der Waals surface area contributed by atoms with Gasteiger partial charge in [-0.25, -0.2) is 4.79 Å². The summed E-state index contributed by atoms with van der Waals surface area (Å²) in [5, 5.41) is 0. The number of carbonyl (C=O) groups excluding carboxylic acids is 1. The molecule has 0 amide bonds. The number of ether oxygens (including phenoxy) is 1. The Balaban J connectivity index is 2.35. The molecule has 2 rings (SSSR count). The van der Waals surface area contributed by atoms with Crippen LogP contribution in [0.25, 0.3) is 5.57 Å². The fraction of sp³-hybridized carbons (Fsp3) is 0.500. The second kappa shape index (κ2) is 6.95. The Morgan fingerprint density at radius 2 is 2.14 bits per heavy atom. The van der Waals surface area contributed by atoms with Gasteiger partial charge in [0.05, 0.1) is 6.61 Å². The third-order valence-electron chi connectivity index (χ3n) is 4.07. The molecule has 22 heavy (non-hydrogen) atoms. The van der Waals surface area contributed by atoms with Crippen molar-refractivity contribution in [3.8, 4) is 0 Å². The van der Waals surface area contributed by atoms with Crippen LogP contribution < -0.4 is 4.90 Å². The van der Waals surface area contributed by atoms with Gasteiger partial charge in [-0.1, -0.05) is 6.07 Å². The maximum atomic E-state index is 14.1. The Hall–Kier alpha value is -1.84. The quantitative estimate of drug-likeness (QED) is 0.619. The first-order chi connectivity index (χ1) is 10.5. The predicted molar refractivity (Wildman–Crippen MR) is 87.6 cm³/mol. The van der Waals surface area contributed by atoms with Gasteiger partial charge >= 0.3 is 5.97 Å². The maximum absolute atomic E-state index is 14.1. The van der Waals surface area contributed by atoms with Crippen molar-refractivity contribution in [1.29, 1.82) is 0 Å². The number of allylic oxidation sites excluding steroid dienone is 1. The van der Waals surface area contributed by atoms with Crippen LogP contribution in [0.2, 0.25) is 0 Å². The number of nitrogens with zero attached hydrogens (tertiary/aromatic N) is 1. The molecule has 0 aromatic heterocycles. The summed E-state index contributed by atoms with van der Waals surface area (Å²) >= 11 is 0. The van der Waals surface area contributed by atoms with Crippen LogP contribution in [0, 0.1) is 0 Å². The molecule has 4 heteroatoms. The minimum atomic E-state index is -0.887. The second-order valence-corrected chi connectivity index (χ2v) is 5.89. The van der Waals surface area contributed by atoms with Gasteiger partial charge in [0.1, 0.15) is 0 Å². The molecule has 0 unspecified atom stereocenters. The zero-order valence-corrected chi connectivity index (χ0v) is 13.8. The van der Waals surface area contributed by atoms with Crippen LogP contribution in [0.4, 0.5) is 10.1 Å². The lowest BCUT2D eigenvalue weighted by atomic mass is 9.95. The zero-order chi connectivity index (χ0) is 16.3. The smallest absolute Gasteiger partial charge is 0.367 e. The fourth-order valence-corrected chi connectivity index (χ4v) is 2.87. The van der Waals surface area contributed by atoms with Crippen molar-refractivity contribution in [3.63, 3.8) is 0 Å². The molecule has 1 aromatic carbocycles. The minimum absolute atomic E-state index is 0.174. The number of benzene rings is 1. The first-order valence-corrected chi connectivity index (χ1v) is 7.89. The molecule has 0 atom stereocenters. The van der Waals surface area contributed by atoms with Gasteiger partial charge in [-0.15, -0.1) is 0 Å². The van der Waals surface area contributed by atoms with Gasteiger partial charge in [0.25, 0.3) is 0 Å². The average molecular weight is 305 g/mol. The summed E-state index contributed by atoms with van der Waals surface area (Å²) in [6.45, 7) is 8.86. The number of carbonyl (C=O) groups is 1. The van der Waals surface area contributed by atoms with E-state index in [0.29, 0.717) is 11.6 Å². The molecule has 1 aliphatic rings. The van der Waals surface area contributed by atoms with Gasteiger partial charge in [0, 0.05) is 18.3 Å². The highest BCUT2D eigenvalue weighted by molar-refractivity contribution is 5.95. The van der Waals surface area contributed by atoms with E-state index in [0.717, 1.165) is 24.9 Å². The summed E-state index contributed by atoms with van der Waals surface area (Å²) in [6, 6.07) is 6.36. The number of esters is 1. The first-order valence-electron chi connectivity index (χ1n) is 7.89. The summed E-state index contributed by atoms with van der Waals surface area (Å²) < 4.78 is 18.8. The van der Waals surface area contributed by atoms with Crippen molar-refractivity contribution in [2.45, 2.75) is 46.6 Å². The van der Waals surface area contributed by atoms with Crippen molar-refractivity contribution >= 4 is 17.2 Å². The molecule has 0 spiro atoms. The van der Waals surface area contributed by atoms with Crippen LogP contribution in [0.3, 0.4) is 0 Å². The normalized spacial score (nSPS) is 15.5. The third kappa shape index (κ3) is 3.32. The Bertz CT molecular complexity index is 593. The van der Waals surface area contributed by atoms with Crippen LogP contribution in [-0.2, 0) is 16.0 Å². The van der Waals surface area contributed by atoms with Gasteiger partial charge in [0.2, 0.25) is 5.83 Å². The van der Waals surface area contributed by atoms with Crippen molar-refractivity contribution in [2.75, 3.05) is 18.1 Å². The fourth-order valence-electron chi connectivity index (χ4n) is 2.87. The van der Waals surface area contributed by atoms with Crippen LogP contribution >= 0.6 is 0 Å². The number of hydrogen-bond donors (Lipinski definition) is 0. The Labute approximate surface area is 131 Å². The molecule has 0 radical (unpaired) electrons. The van der Waals surface area contributed by atoms with E-state index in [4.69, 9.17) is 4.74 Å². The lowest BCUT2D eigenvalue weighted by Gasteiger charge is -2.35. The number of hydrogen-bond acceptors (Lipinski definition) is 3. The van der Waals surface area contributed by atoms with Gasteiger partial charge in [-0.05, 0) is 69.4 Å². The van der Waals surface area contributed by atoms with E-state index in [1.807, 2.05) is 18.2 Å². The lowest BCUT2D eigenvalue weighted by Crippen LogP contribution is -2.35. The van der Waals surface area contributed by atoms with E-state index < -0.39 is 11.8 Å². The second-order valence-electron chi connectivity index (χ2n) is 5.89. The van der Waals surface area contributed by atoms with Crippen molar-refractivity contribution < 1.29 is 13.9 Å². The monoisotopic (exact) mass is 305 g/mol. The number of aryl methyl sites for hydroxylation is 1. The molecule has 1 heterocycles. The zero-order valence-electron chi connectivity index (χ0n) is 13.8. The predicted octanol–water partition coefficient (Wildman–Crippen LogP) is 4.11. The van der Waals surface area contributed by atoms with Crippen LogP contribution in [-0.4, -0.2) is 25.2 Å². The molecule has 0 saturated carbocycles. The molecular weight excluding hydrogens is 281 g/mol. The summed E-state index contributed by atoms with van der Waals surface area (Å²) in [6.07, 6.45) is 2.08. The molecule has 0 bridgehead atoms. The maximum Gasteiger partial charge on any atom is 0.367 e. The molecule has 1 aromatic rings. The van der Waals surface area contributed by atoms with Gasteiger partial charge in [-0.2, -0.15) is 4.39 Å². The van der Waals surface area contributed by atoms with Crippen LogP contribution in [0.1, 0.15) is 45.2 Å². The van der Waals surface area contributed by atoms with E-state index >= 15 is 0 Å². The summed E-state index contributed by atoms with van der Waals surface area (Å²) in [7, 11) is 0. The molecule has 0 fully saturated rings. The molecule has 1 aliphatic heterocycles. The number of fused-ring (bicyclic) bond motifs is 1. The topological polar surface area (TPSA) is 29.5 Å². The summed E-state index contributed by atoms with van der Waals surface area (Å²) in [5.41, 5.74) is 3.51. The first kappa shape index (κ1) is 16.5. The highest BCUT2D eigenvalue weighted by Crippen LogP contribution is 2.32. The Morgan fingerprint density at radius 1 is 1.41 bits per heavy atom. The Kier molecular flexibility index (Phi) is 5.22. The van der Waals surface area contributed by atoms with Crippen molar-refractivity contribution in [3.05, 3.63) is 35.2 Å². The highest BCUT2D eigenvalue weighted by Gasteiger charge is 2.21. The van der Waals surface area contributed by atoms with E-state index in [9.17, 15) is 9.18 Å². The molecule has 120 valence electrons. The van der Waals surface area contributed by atoms with Crippen molar-refractivity contribution in [2.24, 2.45) is 0 Å². The summed E-state index contributed by atoms with van der Waals surface area (Å²) in [5.74, 6) is -1.69. The number of rotatable bonds is 4. The van der Waals surface area contributed by atoms with E-state index in [1.54, 1.807) is 13.8 Å². The molecule has 0 N–H and O–H groups in total. The standard InChI is InChI=1S/C18H24FNO2/c1-5-22-18(21)17(19)13(4)14-8-9-16-15(11-14)7-6-10-20(16)12(2)3/h8-9,11-12H,5-7,10H2,1-4H3/b17-13-. The van der Waals surface area contributed by atoms with E-state index in [-0.39, 0.29) is 6.61 Å². The molecule has 0 saturated heterocycles. The van der Waals surface area contributed by atoms with E-state index in [2.05, 4.69) is 18.7 Å². The van der Waals surface area contributed by atoms with Crippen LogP contribution in [0.15, 0.2) is 24.0 Å². The SMILES string of the molecule is CCOC(=O)/C(F)=C(\C)c1ccc2c(c1)CCCN2C(C)C. The average Bonchev–Trinajstić information content (AvgIpc) is 2.52. The molecular formula is C18H24FNO2. The number of halogens is 1. The largest absolute Gasteiger partial charge is 0.461 e. The molecule has 0 aliphatic carbocycles. The minimum Gasteiger partial charge on any atom is -0.461 e. The summed E-state index contributed by atoms with van der Waals surface area (Å²) in [4.78, 5) is 13.9. The van der Waals surface area contributed by atoms with Gasteiger partial charge < -0.3 is 9.64 Å². The number of anilines is 1. The van der Waals surface area contributed by atoms with Gasteiger partial charge in [0.15, 0.2) is 0 Å². The van der Waals surface area contributed by atoms with Crippen molar-refractivity contribution in [1.82, 2.24) is 0 Å². The lowest BCUT2D eigenvalue weighted by molar-refractivity contribution is -0.140. The third-order valence-corrected chi connectivity index (χ3v) is 4.07. The van der Waals surface area contributed by atoms with E-state index in [1.165, 1.54) is 11.3 Å². The highest BCUT2D eigenvalue weighted by atomic mass is 19.1. The Morgan fingerprint density at radius 3 is 2.77 bits per heavy atom. The molecule has 3 nitrogen and oxygen atoms in total. The van der Waals surface area contributed by atoms with Crippen LogP contribution in [0.5, 0.6) is 0 Å².